The lowest BCUT2D eigenvalue weighted by atomic mass is 9.99. The van der Waals surface area contributed by atoms with Crippen molar-refractivity contribution < 1.29 is 4.74 Å². The maximum absolute atomic E-state index is 5.47. The van der Waals surface area contributed by atoms with E-state index in [1.807, 2.05) is 6.92 Å². The number of hydrogen-bond acceptors (Lipinski definition) is 3. The number of nitrogens with one attached hydrogen (secondary N) is 2. The summed E-state index contributed by atoms with van der Waals surface area (Å²) in [5.74, 6) is 6.89. The summed E-state index contributed by atoms with van der Waals surface area (Å²) in [4.78, 5) is 4.40. The second-order valence-corrected chi connectivity index (χ2v) is 5.05. The fourth-order valence-electron chi connectivity index (χ4n) is 1.84. The van der Waals surface area contributed by atoms with Crippen LogP contribution in [-0.4, -0.2) is 31.3 Å². The maximum Gasteiger partial charge on any atom is 0.206 e. The van der Waals surface area contributed by atoms with Gasteiger partial charge < -0.3 is 10.1 Å². The molecule has 1 aliphatic rings. The summed E-state index contributed by atoms with van der Waals surface area (Å²) in [7, 11) is 0. The van der Waals surface area contributed by atoms with E-state index in [9.17, 15) is 0 Å². The molecule has 1 saturated carbocycles. The van der Waals surface area contributed by atoms with E-state index in [1.165, 1.54) is 12.8 Å². The number of ether oxygens (including phenoxy) is 1. The van der Waals surface area contributed by atoms with Crippen LogP contribution in [0.3, 0.4) is 0 Å². The van der Waals surface area contributed by atoms with Gasteiger partial charge in [0.1, 0.15) is 0 Å². The second-order valence-electron chi connectivity index (χ2n) is 5.05. The van der Waals surface area contributed by atoms with Gasteiger partial charge in [-0.2, -0.15) is 0 Å². The molecule has 0 atom stereocenters. The minimum Gasteiger partial charge on any atom is -0.382 e. The van der Waals surface area contributed by atoms with Crippen molar-refractivity contribution in [1.29, 1.82) is 0 Å². The van der Waals surface area contributed by atoms with E-state index in [0.29, 0.717) is 5.96 Å². The van der Waals surface area contributed by atoms with Gasteiger partial charge in [0.2, 0.25) is 5.96 Å². The van der Waals surface area contributed by atoms with Gasteiger partial charge in [0.25, 0.3) is 0 Å². The zero-order valence-corrected chi connectivity index (χ0v) is 11.3. The summed E-state index contributed by atoms with van der Waals surface area (Å²) in [6.45, 7) is 8.63. The molecule has 0 amide bonds. The molecular weight excluding hydrogens is 216 g/mol. The van der Waals surface area contributed by atoms with Gasteiger partial charge in [-0.05, 0) is 46.0 Å². The highest BCUT2D eigenvalue weighted by atomic mass is 16.5. The van der Waals surface area contributed by atoms with Crippen LogP contribution in [0.4, 0.5) is 0 Å². The molecule has 100 valence electrons. The summed E-state index contributed by atoms with van der Waals surface area (Å²) in [6, 6.07) is 0. The largest absolute Gasteiger partial charge is 0.382 e. The molecule has 1 aliphatic carbocycles. The van der Waals surface area contributed by atoms with Gasteiger partial charge in [-0.3, -0.25) is 10.4 Å². The van der Waals surface area contributed by atoms with Crippen molar-refractivity contribution in [3.05, 3.63) is 0 Å². The van der Waals surface area contributed by atoms with Gasteiger partial charge in [0.15, 0.2) is 0 Å². The Morgan fingerprint density at radius 2 is 2.18 bits per heavy atom. The van der Waals surface area contributed by atoms with E-state index in [0.717, 1.165) is 32.1 Å². The standard InChI is InChI=1S/C12H26N4O/c1-4-17-9-5-8-14-11(16-13)15-12(2,3)10-6-7-10/h10H,4-9,13H2,1-3H3,(H2,14,15,16). The SMILES string of the molecule is CCOCCCN=C(NN)NC(C)(C)C1CC1. The van der Waals surface area contributed by atoms with Crippen LogP contribution in [0.5, 0.6) is 0 Å². The first kappa shape index (κ1) is 14.3. The molecule has 0 saturated heterocycles. The van der Waals surface area contributed by atoms with Crippen molar-refractivity contribution in [3.63, 3.8) is 0 Å². The first-order chi connectivity index (χ1) is 8.10. The number of aliphatic imine (C=N–C) groups is 1. The highest BCUT2D eigenvalue weighted by Crippen LogP contribution is 2.38. The summed E-state index contributed by atoms with van der Waals surface area (Å²) >= 11 is 0. The molecule has 5 nitrogen and oxygen atoms in total. The molecule has 0 aromatic heterocycles. The van der Waals surface area contributed by atoms with E-state index in [4.69, 9.17) is 10.6 Å². The van der Waals surface area contributed by atoms with Crippen LogP contribution in [-0.2, 0) is 4.74 Å². The third kappa shape index (κ3) is 5.37. The molecule has 0 aromatic carbocycles. The zero-order chi connectivity index (χ0) is 12.7. The van der Waals surface area contributed by atoms with Gasteiger partial charge >= 0.3 is 0 Å². The van der Waals surface area contributed by atoms with Crippen LogP contribution in [0.1, 0.15) is 40.0 Å². The van der Waals surface area contributed by atoms with E-state index >= 15 is 0 Å². The number of hydrazine groups is 1. The third-order valence-electron chi connectivity index (χ3n) is 3.10. The first-order valence-corrected chi connectivity index (χ1v) is 6.47. The van der Waals surface area contributed by atoms with Crippen LogP contribution < -0.4 is 16.6 Å². The average molecular weight is 242 g/mol. The molecule has 5 heteroatoms. The Hall–Kier alpha value is -0.810. The molecular formula is C12H26N4O. The van der Waals surface area contributed by atoms with Gasteiger partial charge in [0.05, 0.1) is 0 Å². The Balaban J connectivity index is 2.28. The number of rotatable bonds is 7. The Labute approximate surface area is 104 Å². The summed E-state index contributed by atoms with van der Waals surface area (Å²) < 4.78 is 5.26. The molecule has 1 fully saturated rings. The summed E-state index contributed by atoms with van der Waals surface area (Å²) in [5, 5.41) is 3.37. The molecule has 0 bridgehead atoms. The van der Waals surface area contributed by atoms with Crippen LogP contribution in [0.25, 0.3) is 0 Å². The monoisotopic (exact) mass is 242 g/mol. The lowest BCUT2D eigenvalue weighted by molar-refractivity contribution is 0.146. The van der Waals surface area contributed by atoms with Gasteiger partial charge in [-0.15, -0.1) is 0 Å². The molecule has 0 heterocycles. The number of hydrogen-bond donors (Lipinski definition) is 3. The maximum atomic E-state index is 5.47. The Bertz CT molecular complexity index is 249. The van der Waals surface area contributed by atoms with Crippen LogP contribution in [0, 0.1) is 5.92 Å². The van der Waals surface area contributed by atoms with Crippen LogP contribution in [0.15, 0.2) is 4.99 Å². The van der Waals surface area contributed by atoms with Gasteiger partial charge in [-0.25, -0.2) is 5.84 Å². The van der Waals surface area contributed by atoms with E-state index < -0.39 is 0 Å². The lowest BCUT2D eigenvalue weighted by Gasteiger charge is -2.27. The molecule has 0 unspecified atom stereocenters. The summed E-state index contributed by atoms with van der Waals surface area (Å²) in [6.07, 6.45) is 3.51. The van der Waals surface area contributed by atoms with Crippen molar-refractivity contribution in [2.24, 2.45) is 16.8 Å². The second kappa shape index (κ2) is 6.81. The average Bonchev–Trinajstić information content (AvgIpc) is 3.11. The molecule has 4 N–H and O–H groups in total. The molecule has 0 radical (unpaired) electrons. The number of nitrogens with zero attached hydrogens (tertiary/aromatic N) is 1. The van der Waals surface area contributed by atoms with E-state index in [2.05, 4.69) is 29.6 Å². The highest BCUT2D eigenvalue weighted by Gasteiger charge is 2.38. The molecule has 17 heavy (non-hydrogen) atoms. The fourth-order valence-corrected chi connectivity index (χ4v) is 1.84. The van der Waals surface area contributed by atoms with Crippen molar-refractivity contribution in [3.8, 4) is 0 Å². The molecule has 0 spiro atoms. The zero-order valence-electron chi connectivity index (χ0n) is 11.3. The van der Waals surface area contributed by atoms with Crippen molar-refractivity contribution in [2.75, 3.05) is 19.8 Å². The predicted octanol–water partition coefficient (Wildman–Crippen LogP) is 1.01. The third-order valence-corrected chi connectivity index (χ3v) is 3.10. The Morgan fingerprint density at radius 3 is 2.71 bits per heavy atom. The smallest absolute Gasteiger partial charge is 0.206 e. The van der Waals surface area contributed by atoms with Gasteiger partial charge in [0, 0.05) is 25.3 Å². The highest BCUT2D eigenvalue weighted by molar-refractivity contribution is 5.80. The molecule has 1 rings (SSSR count). The van der Waals surface area contributed by atoms with Crippen molar-refractivity contribution in [2.45, 2.75) is 45.6 Å². The number of nitrogens with two attached hydrogens (primary N) is 1. The van der Waals surface area contributed by atoms with Crippen LogP contribution in [0.2, 0.25) is 0 Å². The molecule has 0 aromatic rings. The fraction of sp³-hybridized carbons (Fsp3) is 0.917. The minimum atomic E-state index is 0.0745. The summed E-state index contributed by atoms with van der Waals surface area (Å²) in [5.41, 5.74) is 2.70. The van der Waals surface area contributed by atoms with E-state index in [1.54, 1.807) is 0 Å². The quantitative estimate of drug-likeness (QED) is 0.205. The Kier molecular flexibility index (Phi) is 5.71. The topological polar surface area (TPSA) is 71.7 Å². The normalized spacial score (nSPS) is 17.1. The number of guanidine groups is 1. The van der Waals surface area contributed by atoms with Crippen molar-refractivity contribution >= 4 is 5.96 Å². The Morgan fingerprint density at radius 1 is 1.47 bits per heavy atom. The minimum absolute atomic E-state index is 0.0745. The van der Waals surface area contributed by atoms with E-state index in [-0.39, 0.29) is 5.54 Å². The predicted molar refractivity (Wildman–Crippen MR) is 70.7 cm³/mol. The van der Waals surface area contributed by atoms with Crippen molar-refractivity contribution in [1.82, 2.24) is 10.7 Å². The van der Waals surface area contributed by atoms with Crippen LogP contribution >= 0.6 is 0 Å². The van der Waals surface area contributed by atoms with Gasteiger partial charge in [-0.1, -0.05) is 0 Å². The first-order valence-electron chi connectivity index (χ1n) is 6.47. The molecule has 0 aliphatic heterocycles. The lowest BCUT2D eigenvalue weighted by Crippen LogP contribution is -2.52.